The maximum Gasteiger partial charge on any atom is 0.253 e. The van der Waals surface area contributed by atoms with Crippen molar-refractivity contribution in [3.8, 4) is 0 Å². The van der Waals surface area contributed by atoms with Crippen LogP contribution in [0.4, 0.5) is 5.95 Å². The number of piperidine rings is 1. The maximum absolute atomic E-state index is 13.2. The van der Waals surface area contributed by atoms with E-state index in [-0.39, 0.29) is 12.0 Å². The van der Waals surface area contributed by atoms with Crippen LogP contribution in [0.25, 0.3) is 11.0 Å². The molecule has 1 amide bonds. The number of nitrogens with zero attached hydrogens (tertiary/aromatic N) is 4. The Hall–Kier alpha value is -2.93. The fourth-order valence-electron chi connectivity index (χ4n) is 6.78. The predicted molar refractivity (Wildman–Crippen MR) is 151 cm³/mol. The van der Waals surface area contributed by atoms with Gasteiger partial charge in [-0.3, -0.25) is 4.79 Å². The third-order valence-electron chi connectivity index (χ3n) is 9.11. The van der Waals surface area contributed by atoms with E-state index >= 15 is 0 Å². The molecule has 2 saturated carbocycles. The van der Waals surface area contributed by atoms with Crippen molar-refractivity contribution in [2.24, 2.45) is 5.92 Å². The molecule has 202 valence electrons. The average Bonchev–Trinajstić information content (AvgIpc) is 3.57. The van der Waals surface area contributed by atoms with Gasteiger partial charge < -0.3 is 19.9 Å². The van der Waals surface area contributed by atoms with Gasteiger partial charge in [0.25, 0.3) is 5.91 Å². The lowest BCUT2D eigenvalue weighted by molar-refractivity contribution is 0.0713. The molecule has 3 fully saturated rings. The third kappa shape index (κ3) is 5.05. The van der Waals surface area contributed by atoms with E-state index in [9.17, 15) is 9.90 Å². The summed E-state index contributed by atoms with van der Waals surface area (Å²) in [5, 5.41) is 14.8. The summed E-state index contributed by atoms with van der Waals surface area (Å²) in [4.78, 5) is 25.1. The van der Waals surface area contributed by atoms with Crippen LogP contribution in [0.15, 0.2) is 30.6 Å². The molecule has 3 heterocycles. The minimum absolute atomic E-state index is 0.142. The van der Waals surface area contributed by atoms with Gasteiger partial charge in [0.15, 0.2) is 0 Å². The molecule has 7 nitrogen and oxygen atoms in total. The first-order valence-electron chi connectivity index (χ1n) is 14.6. The summed E-state index contributed by atoms with van der Waals surface area (Å²) < 4.78 is 2.38. The first kappa shape index (κ1) is 25.4. The second-order valence-electron chi connectivity index (χ2n) is 12.0. The highest BCUT2D eigenvalue weighted by Gasteiger charge is 2.36. The highest BCUT2D eigenvalue weighted by atomic mass is 16.3. The lowest BCUT2D eigenvalue weighted by Gasteiger charge is -2.32. The number of aryl methyl sites for hydroxylation is 2. The van der Waals surface area contributed by atoms with Gasteiger partial charge in [-0.1, -0.05) is 30.5 Å². The molecular weight excluding hydrogens is 474 g/mol. The Morgan fingerprint density at radius 3 is 2.42 bits per heavy atom. The normalized spacial score (nSPS) is 26.1. The number of hydrogen-bond acceptors (Lipinski definition) is 5. The summed E-state index contributed by atoms with van der Waals surface area (Å²) >= 11 is 0. The van der Waals surface area contributed by atoms with Gasteiger partial charge in [-0.25, -0.2) is 4.98 Å². The smallest absolute Gasteiger partial charge is 0.253 e. The van der Waals surface area contributed by atoms with Crippen LogP contribution in [-0.4, -0.2) is 55.7 Å². The number of aliphatic hydroxyl groups is 1. The monoisotopic (exact) mass is 515 g/mol. The summed E-state index contributed by atoms with van der Waals surface area (Å²) in [5.41, 5.74) is 5.39. The Kier molecular flexibility index (Phi) is 6.89. The molecule has 38 heavy (non-hydrogen) atoms. The Labute approximate surface area is 225 Å². The third-order valence-corrected chi connectivity index (χ3v) is 9.11. The Balaban J connectivity index is 1.24. The Morgan fingerprint density at radius 1 is 1.05 bits per heavy atom. The van der Waals surface area contributed by atoms with Gasteiger partial charge in [-0.15, -0.1) is 0 Å². The first-order valence-corrected chi connectivity index (χ1v) is 14.6. The Morgan fingerprint density at radius 2 is 1.76 bits per heavy atom. The predicted octanol–water partition coefficient (Wildman–Crippen LogP) is 5.75. The SMILES string of the molecule is CC[C@H]1C[C@@H]1Nc1ncc2c(C3CCN(C(=O)c4cc(C)cc(C)c4)CC3)cn(C3CCC(O)CC3)c2n1. The second-order valence-corrected chi connectivity index (χ2v) is 12.0. The number of fused-ring (bicyclic) bond motifs is 1. The van der Waals surface area contributed by atoms with E-state index in [1.165, 1.54) is 18.4 Å². The van der Waals surface area contributed by atoms with E-state index in [1.807, 2.05) is 23.2 Å². The van der Waals surface area contributed by atoms with Crippen molar-refractivity contribution < 1.29 is 9.90 Å². The van der Waals surface area contributed by atoms with E-state index in [1.54, 1.807) is 0 Å². The number of benzene rings is 1. The highest BCUT2D eigenvalue weighted by molar-refractivity contribution is 5.94. The fourth-order valence-corrected chi connectivity index (χ4v) is 6.78. The van der Waals surface area contributed by atoms with Gasteiger partial charge in [0, 0.05) is 48.5 Å². The summed E-state index contributed by atoms with van der Waals surface area (Å²) in [6, 6.07) is 6.96. The van der Waals surface area contributed by atoms with Gasteiger partial charge in [-0.05, 0) is 88.3 Å². The number of anilines is 1. The van der Waals surface area contributed by atoms with E-state index in [2.05, 4.69) is 42.9 Å². The van der Waals surface area contributed by atoms with E-state index in [0.717, 1.165) is 91.2 Å². The molecular formula is C31H41N5O2. The van der Waals surface area contributed by atoms with Crippen molar-refractivity contribution in [3.05, 3.63) is 52.8 Å². The number of aromatic nitrogens is 3. The molecule has 2 N–H and O–H groups in total. The zero-order chi connectivity index (χ0) is 26.4. The van der Waals surface area contributed by atoms with Crippen molar-refractivity contribution in [1.29, 1.82) is 0 Å². The number of rotatable bonds is 6. The van der Waals surface area contributed by atoms with Crippen LogP contribution >= 0.6 is 0 Å². The van der Waals surface area contributed by atoms with E-state index in [4.69, 9.17) is 9.97 Å². The van der Waals surface area contributed by atoms with Crippen LogP contribution in [0.3, 0.4) is 0 Å². The highest BCUT2D eigenvalue weighted by Crippen LogP contribution is 2.39. The molecule has 1 aliphatic heterocycles. The molecule has 6 rings (SSSR count). The molecule has 2 aliphatic carbocycles. The first-order chi connectivity index (χ1) is 18.4. The fraction of sp³-hybridized carbons (Fsp3) is 0.581. The zero-order valence-electron chi connectivity index (χ0n) is 23.0. The maximum atomic E-state index is 13.2. The molecule has 7 heteroatoms. The molecule has 2 atom stereocenters. The van der Waals surface area contributed by atoms with Crippen LogP contribution in [0.1, 0.15) is 97.3 Å². The number of aliphatic hydroxyl groups excluding tert-OH is 1. The number of likely N-dealkylation sites (tertiary alicyclic amines) is 1. The van der Waals surface area contributed by atoms with Crippen LogP contribution in [0.5, 0.6) is 0 Å². The molecule has 0 unspecified atom stereocenters. The van der Waals surface area contributed by atoms with Crippen molar-refractivity contribution in [2.75, 3.05) is 18.4 Å². The van der Waals surface area contributed by atoms with Crippen molar-refractivity contribution in [1.82, 2.24) is 19.4 Å². The molecule has 0 radical (unpaired) electrons. The topological polar surface area (TPSA) is 83.3 Å². The molecule has 1 saturated heterocycles. The zero-order valence-corrected chi connectivity index (χ0v) is 23.0. The number of hydrogen-bond donors (Lipinski definition) is 2. The van der Waals surface area contributed by atoms with E-state index < -0.39 is 0 Å². The van der Waals surface area contributed by atoms with E-state index in [0.29, 0.717) is 18.0 Å². The summed E-state index contributed by atoms with van der Waals surface area (Å²) in [6.45, 7) is 7.87. The van der Waals surface area contributed by atoms with Crippen LogP contribution in [-0.2, 0) is 0 Å². The summed E-state index contributed by atoms with van der Waals surface area (Å²) in [5.74, 6) is 1.98. The second kappa shape index (κ2) is 10.3. The van der Waals surface area contributed by atoms with Crippen molar-refractivity contribution >= 4 is 22.9 Å². The van der Waals surface area contributed by atoms with Gasteiger partial charge in [0.2, 0.25) is 5.95 Å². The van der Waals surface area contributed by atoms with Gasteiger partial charge >= 0.3 is 0 Å². The summed E-state index contributed by atoms with van der Waals surface area (Å²) in [7, 11) is 0. The molecule has 3 aromatic rings. The van der Waals surface area contributed by atoms with Crippen molar-refractivity contribution in [2.45, 2.75) is 96.2 Å². The largest absolute Gasteiger partial charge is 0.393 e. The standard InChI is InChI=1S/C31H41N5O2/c1-4-21-16-28(21)33-31-32-17-26-27(18-36(29(26)34-31)24-5-7-25(37)8-6-24)22-9-11-35(12-10-22)30(38)23-14-19(2)13-20(3)15-23/h13-15,17-18,21-22,24-25,28,37H,4-12,16H2,1-3H3,(H,32,33,34)/t21-,24?,25?,28-/m0/s1. The lowest BCUT2D eigenvalue weighted by atomic mass is 9.89. The molecule has 0 spiro atoms. The quantitative estimate of drug-likeness (QED) is 0.436. The summed E-state index contributed by atoms with van der Waals surface area (Å²) in [6.07, 6.45) is 12.1. The average molecular weight is 516 g/mol. The molecule has 3 aliphatic rings. The lowest BCUT2D eigenvalue weighted by Crippen LogP contribution is -2.38. The minimum atomic E-state index is -0.181. The van der Waals surface area contributed by atoms with Gasteiger partial charge in [0.1, 0.15) is 5.65 Å². The van der Waals surface area contributed by atoms with Gasteiger partial charge in [0.05, 0.1) is 6.10 Å². The van der Waals surface area contributed by atoms with Crippen LogP contribution in [0.2, 0.25) is 0 Å². The van der Waals surface area contributed by atoms with Crippen LogP contribution < -0.4 is 5.32 Å². The van der Waals surface area contributed by atoms with Crippen molar-refractivity contribution in [3.63, 3.8) is 0 Å². The number of carbonyl (C=O) groups excluding carboxylic acids is 1. The molecule has 1 aromatic carbocycles. The number of nitrogens with one attached hydrogen (secondary N) is 1. The molecule has 0 bridgehead atoms. The van der Waals surface area contributed by atoms with Crippen LogP contribution in [0, 0.1) is 19.8 Å². The number of carbonyl (C=O) groups is 1. The Bertz CT molecular complexity index is 1300. The minimum Gasteiger partial charge on any atom is -0.393 e. The number of amides is 1. The molecule has 2 aromatic heterocycles. The van der Waals surface area contributed by atoms with Gasteiger partial charge in [-0.2, -0.15) is 4.98 Å².